The van der Waals surface area contributed by atoms with Crippen LogP contribution in [0.2, 0.25) is 0 Å². The summed E-state index contributed by atoms with van der Waals surface area (Å²) in [6.07, 6.45) is -1.30. The predicted octanol–water partition coefficient (Wildman–Crippen LogP) is 2.52. The molecule has 2 nitrogen and oxygen atoms in total. The van der Waals surface area contributed by atoms with Gasteiger partial charge in [-0.25, -0.2) is 4.98 Å². The molecular formula is C7H9F3N2S2. The van der Waals surface area contributed by atoms with Gasteiger partial charge in [0.1, 0.15) is 0 Å². The minimum Gasteiger partial charge on any atom is -0.323 e. The summed E-state index contributed by atoms with van der Waals surface area (Å²) < 4.78 is 36.5. The van der Waals surface area contributed by atoms with Gasteiger partial charge in [0.15, 0.2) is 5.01 Å². The smallest absolute Gasteiger partial charge is 0.323 e. The summed E-state index contributed by atoms with van der Waals surface area (Å²) in [5.41, 5.74) is 5.64. The first-order chi connectivity index (χ1) is 6.45. The third-order valence-electron chi connectivity index (χ3n) is 1.48. The SMILES string of the molecule is CSCC(N)c1cnc(C(F)(F)F)s1. The molecular weight excluding hydrogens is 233 g/mol. The zero-order valence-electron chi connectivity index (χ0n) is 7.34. The number of thiazole rings is 1. The third-order valence-corrected chi connectivity index (χ3v) is 3.34. The first-order valence-corrected chi connectivity index (χ1v) is 5.93. The Balaban J connectivity index is 2.78. The number of hydrogen-bond acceptors (Lipinski definition) is 4. The van der Waals surface area contributed by atoms with E-state index in [1.807, 2.05) is 6.26 Å². The van der Waals surface area contributed by atoms with Crippen molar-refractivity contribution in [2.45, 2.75) is 12.2 Å². The van der Waals surface area contributed by atoms with Crippen LogP contribution in [0.15, 0.2) is 6.20 Å². The van der Waals surface area contributed by atoms with E-state index in [1.54, 1.807) is 0 Å². The van der Waals surface area contributed by atoms with Crippen LogP contribution in [0.5, 0.6) is 0 Å². The summed E-state index contributed by atoms with van der Waals surface area (Å²) >= 11 is 2.11. The molecule has 80 valence electrons. The van der Waals surface area contributed by atoms with Gasteiger partial charge >= 0.3 is 6.18 Å². The summed E-state index contributed by atoms with van der Waals surface area (Å²) in [6.45, 7) is 0. The van der Waals surface area contributed by atoms with Gasteiger partial charge < -0.3 is 5.73 Å². The van der Waals surface area contributed by atoms with Gasteiger partial charge in [0, 0.05) is 22.9 Å². The van der Waals surface area contributed by atoms with Gasteiger partial charge in [-0.15, -0.1) is 11.3 Å². The van der Waals surface area contributed by atoms with Gasteiger partial charge in [0.2, 0.25) is 0 Å². The highest BCUT2D eigenvalue weighted by atomic mass is 32.2. The van der Waals surface area contributed by atoms with E-state index in [1.165, 1.54) is 18.0 Å². The lowest BCUT2D eigenvalue weighted by Crippen LogP contribution is -2.10. The standard InChI is InChI=1S/C7H9F3N2S2/c1-13-3-4(11)5-2-12-6(14-5)7(8,9)10/h2,4H,3,11H2,1H3. The van der Waals surface area contributed by atoms with Crippen molar-refractivity contribution in [3.8, 4) is 0 Å². The minimum absolute atomic E-state index is 0.362. The quantitative estimate of drug-likeness (QED) is 0.885. The van der Waals surface area contributed by atoms with Crippen LogP contribution >= 0.6 is 23.1 Å². The van der Waals surface area contributed by atoms with Gasteiger partial charge in [-0.2, -0.15) is 24.9 Å². The number of rotatable bonds is 3. The summed E-state index contributed by atoms with van der Waals surface area (Å²) in [6, 6.07) is -0.362. The van der Waals surface area contributed by atoms with Crippen LogP contribution in [0, 0.1) is 0 Å². The van der Waals surface area contributed by atoms with Crippen LogP contribution in [-0.2, 0) is 6.18 Å². The van der Waals surface area contributed by atoms with Crippen molar-refractivity contribution in [3.05, 3.63) is 16.1 Å². The van der Waals surface area contributed by atoms with Crippen molar-refractivity contribution < 1.29 is 13.2 Å². The van der Waals surface area contributed by atoms with Crippen LogP contribution in [0.3, 0.4) is 0 Å². The molecule has 1 atom stereocenters. The molecule has 0 amide bonds. The Bertz CT molecular complexity index is 297. The van der Waals surface area contributed by atoms with E-state index >= 15 is 0 Å². The molecule has 0 aromatic carbocycles. The lowest BCUT2D eigenvalue weighted by Gasteiger charge is -2.05. The fraction of sp³-hybridized carbons (Fsp3) is 0.571. The number of nitrogens with two attached hydrogens (primary N) is 1. The minimum atomic E-state index is -4.36. The van der Waals surface area contributed by atoms with E-state index < -0.39 is 11.2 Å². The second-order valence-electron chi connectivity index (χ2n) is 2.63. The number of thioether (sulfide) groups is 1. The van der Waals surface area contributed by atoms with Crippen molar-refractivity contribution >= 4 is 23.1 Å². The molecule has 0 aliphatic rings. The van der Waals surface area contributed by atoms with Crippen molar-refractivity contribution in [2.75, 3.05) is 12.0 Å². The van der Waals surface area contributed by atoms with Gasteiger partial charge in [-0.3, -0.25) is 0 Å². The number of alkyl halides is 3. The lowest BCUT2D eigenvalue weighted by atomic mass is 10.3. The maximum atomic E-state index is 12.2. The highest BCUT2D eigenvalue weighted by molar-refractivity contribution is 7.98. The molecule has 0 spiro atoms. The second kappa shape index (κ2) is 4.50. The van der Waals surface area contributed by atoms with E-state index in [0.717, 1.165) is 0 Å². The zero-order chi connectivity index (χ0) is 10.8. The molecule has 0 bridgehead atoms. The van der Waals surface area contributed by atoms with E-state index in [-0.39, 0.29) is 6.04 Å². The maximum absolute atomic E-state index is 12.2. The van der Waals surface area contributed by atoms with Crippen molar-refractivity contribution in [1.82, 2.24) is 4.98 Å². The molecule has 0 radical (unpaired) electrons. The van der Waals surface area contributed by atoms with Gasteiger partial charge in [-0.05, 0) is 6.26 Å². The maximum Gasteiger partial charge on any atom is 0.443 e. The second-order valence-corrected chi connectivity index (χ2v) is 4.60. The average Bonchev–Trinajstić information content (AvgIpc) is 2.51. The summed E-state index contributed by atoms with van der Waals surface area (Å²) in [5.74, 6) is 0.597. The Morgan fingerprint density at radius 3 is 2.71 bits per heavy atom. The highest BCUT2D eigenvalue weighted by Gasteiger charge is 2.34. The van der Waals surface area contributed by atoms with E-state index in [4.69, 9.17) is 5.73 Å². The van der Waals surface area contributed by atoms with E-state index in [0.29, 0.717) is 22.0 Å². The lowest BCUT2D eigenvalue weighted by molar-refractivity contribution is -0.137. The Hall–Kier alpha value is -0.270. The van der Waals surface area contributed by atoms with Crippen LogP contribution in [0.4, 0.5) is 13.2 Å². The Morgan fingerprint density at radius 1 is 1.64 bits per heavy atom. The Labute approximate surface area is 87.7 Å². The monoisotopic (exact) mass is 242 g/mol. The molecule has 2 N–H and O–H groups in total. The average molecular weight is 242 g/mol. The molecule has 1 aromatic rings. The molecule has 14 heavy (non-hydrogen) atoms. The van der Waals surface area contributed by atoms with E-state index in [9.17, 15) is 13.2 Å². The fourth-order valence-electron chi connectivity index (χ4n) is 0.851. The molecule has 0 aliphatic heterocycles. The van der Waals surface area contributed by atoms with Gasteiger partial charge in [0.25, 0.3) is 0 Å². The first-order valence-electron chi connectivity index (χ1n) is 3.72. The zero-order valence-corrected chi connectivity index (χ0v) is 8.97. The van der Waals surface area contributed by atoms with Crippen LogP contribution in [0.1, 0.15) is 15.9 Å². The Morgan fingerprint density at radius 2 is 2.29 bits per heavy atom. The fourth-order valence-corrected chi connectivity index (χ4v) is 2.28. The Kier molecular flexibility index (Phi) is 3.79. The van der Waals surface area contributed by atoms with Crippen LogP contribution in [0.25, 0.3) is 0 Å². The molecule has 0 fully saturated rings. The predicted molar refractivity (Wildman–Crippen MR) is 52.4 cm³/mol. The molecule has 1 rings (SSSR count). The summed E-state index contributed by atoms with van der Waals surface area (Å²) in [5, 5.41) is -0.830. The molecule has 1 aromatic heterocycles. The van der Waals surface area contributed by atoms with Crippen molar-refractivity contribution in [3.63, 3.8) is 0 Å². The van der Waals surface area contributed by atoms with Crippen LogP contribution < -0.4 is 5.73 Å². The summed E-state index contributed by atoms with van der Waals surface area (Å²) in [4.78, 5) is 3.77. The normalized spacial score (nSPS) is 14.4. The molecule has 0 aliphatic carbocycles. The highest BCUT2D eigenvalue weighted by Crippen LogP contribution is 2.34. The number of halogens is 3. The summed E-state index contributed by atoms with van der Waals surface area (Å²) in [7, 11) is 0. The molecule has 0 saturated carbocycles. The van der Waals surface area contributed by atoms with Gasteiger partial charge in [0.05, 0.1) is 0 Å². The third kappa shape index (κ3) is 2.86. The largest absolute Gasteiger partial charge is 0.443 e. The van der Waals surface area contributed by atoms with Gasteiger partial charge in [-0.1, -0.05) is 0 Å². The molecule has 0 saturated heterocycles. The number of hydrogen-bond donors (Lipinski definition) is 1. The number of aromatic nitrogens is 1. The van der Waals surface area contributed by atoms with Crippen molar-refractivity contribution in [1.29, 1.82) is 0 Å². The molecule has 7 heteroatoms. The number of nitrogens with zero attached hydrogens (tertiary/aromatic N) is 1. The topological polar surface area (TPSA) is 38.9 Å². The van der Waals surface area contributed by atoms with E-state index in [2.05, 4.69) is 4.98 Å². The molecule has 1 unspecified atom stereocenters. The van der Waals surface area contributed by atoms with Crippen molar-refractivity contribution in [2.24, 2.45) is 5.73 Å². The van der Waals surface area contributed by atoms with Crippen LogP contribution in [-0.4, -0.2) is 17.0 Å². The first kappa shape index (κ1) is 11.8. The molecule has 1 heterocycles.